The van der Waals surface area contributed by atoms with Crippen LogP contribution in [0.4, 0.5) is 0 Å². The fourth-order valence-electron chi connectivity index (χ4n) is 3.58. The number of ether oxygens (including phenoxy) is 1. The third kappa shape index (κ3) is 4.49. The Kier molecular flexibility index (Phi) is 6.36. The van der Waals surface area contributed by atoms with Crippen LogP contribution < -0.4 is 0 Å². The number of nitriles is 1. The van der Waals surface area contributed by atoms with Crippen LogP contribution in [-0.2, 0) is 20.9 Å². The largest absolute Gasteiger partial charge is 0.463 e. The zero-order valence-corrected chi connectivity index (χ0v) is 17.1. The van der Waals surface area contributed by atoms with E-state index in [-0.39, 0.29) is 31.4 Å². The van der Waals surface area contributed by atoms with Crippen molar-refractivity contribution in [2.75, 3.05) is 6.61 Å². The summed E-state index contributed by atoms with van der Waals surface area (Å²) in [6.45, 7) is 4.06. The summed E-state index contributed by atoms with van der Waals surface area (Å²) in [5.41, 5.74) is 3.24. The summed E-state index contributed by atoms with van der Waals surface area (Å²) in [6, 6.07) is 16.4. The van der Waals surface area contributed by atoms with E-state index in [2.05, 4.69) is 6.07 Å². The van der Waals surface area contributed by atoms with Gasteiger partial charge < -0.3 is 9.64 Å². The highest BCUT2D eigenvalue weighted by atomic mass is 35.5. The maximum Gasteiger partial charge on any atom is 0.336 e. The first kappa shape index (κ1) is 20.6. The number of allylic oxidation sites excluding steroid dienone is 1. The molecular weight excluding hydrogens is 388 g/mol. The summed E-state index contributed by atoms with van der Waals surface area (Å²) in [7, 11) is 0. The molecule has 0 spiro atoms. The number of hydrogen-bond donors (Lipinski definition) is 0. The molecule has 0 aromatic heterocycles. The second-order valence-electron chi connectivity index (χ2n) is 6.82. The van der Waals surface area contributed by atoms with E-state index in [1.807, 2.05) is 18.2 Å². The number of rotatable bonds is 5. The van der Waals surface area contributed by atoms with Gasteiger partial charge in [0.25, 0.3) is 0 Å². The number of carbonyl (C=O) groups excluding carboxylic acids is 2. The van der Waals surface area contributed by atoms with Gasteiger partial charge in [0.05, 0.1) is 30.4 Å². The lowest BCUT2D eigenvalue weighted by molar-refractivity contribution is -0.140. The SMILES string of the molecule is CCOC(=O)C1=C(C)N(Cc2cccc(C#N)c2)C(=O)CC1c1ccc(Cl)cc1. The summed E-state index contributed by atoms with van der Waals surface area (Å²) in [6.07, 6.45) is 0.158. The van der Waals surface area contributed by atoms with E-state index in [9.17, 15) is 9.59 Å². The van der Waals surface area contributed by atoms with Crippen molar-refractivity contribution in [3.05, 3.63) is 81.5 Å². The van der Waals surface area contributed by atoms with Crippen molar-refractivity contribution in [1.29, 1.82) is 5.26 Å². The van der Waals surface area contributed by atoms with Gasteiger partial charge in [0.2, 0.25) is 5.91 Å². The molecule has 0 bridgehead atoms. The molecule has 0 radical (unpaired) electrons. The maximum absolute atomic E-state index is 13.0. The molecular formula is C23H21ClN2O3. The van der Waals surface area contributed by atoms with Gasteiger partial charge in [-0.15, -0.1) is 0 Å². The fraction of sp³-hybridized carbons (Fsp3) is 0.261. The van der Waals surface area contributed by atoms with Crippen LogP contribution in [0.25, 0.3) is 0 Å². The zero-order chi connectivity index (χ0) is 21.0. The maximum atomic E-state index is 13.0. The molecule has 1 aliphatic heterocycles. The first-order valence-electron chi connectivity index (χ1n) is 9.37. The molecule has 1 amide bonds. The quantitative estimate of drug-likeness (QED) is 0.679. The highest BCUT2D eigenvalue weighted by Gasteiger charge is 2.36. The van der Waals surface area contributed by atoms with Crippen LogP contribution in [0.3, 0.4) is 0 Å². The first-order chi connectivity index (χ1) is 13.9. The minimum Gasteiger partial charge on any atom is -0.463 e. The highest BCUT2D eigenvalue weighted by Crippen LogP contribution is 2.38. The monoisotopic (exact) mass is 408 g/mol. The van der Waals surface area contributed by atoms with Gasteiger partial charge in [0.1, 0.15) is 0 Å². The molecule has 0 saturated carbocycles. The predicted octanol–water partition coefficient (Wildman–Crippen LogP) is 4.56. The lowest BCUT2D eigenvalue weighted by atomic mass is 9.83. The third-order valence-corrected chi connectivity index (χ3v) is 5.24. The zero-order valence-electron chi connectivity index (χ0n) is 16.3. The lowest BCUT2D eigenvalue weighted by Crippen LogP contribution is -2.38. The van der Waals surface area contributed by atoms with Crippen molar-refractivity contribution in [2.45, 2.75) is 32.7 Å². The summed E-state index contributed by atoms with van der Waals surface area (Å²) in [5.74, 6) is -0.897. The minimum absolute atomic E-state index is 0.0853. The van der Waals surface area contributed by atoms with E-state index >= 15 is 0 Å². The first-order valence-corrected chi connectivity index (χ1v) is 9.75. The number of carbonyl (C=O) groups is 2. The van der Waals surface area contributed by atoms with E-state index in [0.717, 1.165) is 11.1 Å². The van der Waals surface area contributed by atoms with Crippen LogP contribution in [0.5, 0.6) is 0 Å². The smallest absolute Gasteiger partial charge is 0.336 e. The molecule has 2 aromatic rings. The van der Waals surface area contributed by atoms with Gasteiger partial charge in [-0.05, 0) is 49.2 Å². The summed E-state index contributed by atoms with van der Waals surface area (Å²) >= 11 is 5.99. The van der Waals surface area contributed by atoms with E-state index in [0.29, 0.717) is 21.9 Å². The number of hydrogen-bond acceptors (Lipinski definition) is 4. The number of amides is 1. The van der Waals surface area contributed by atoms with Gasteiger partial charge in [0.15, 0.2) is 0 Å². The molecule has 1 atom stereocenters. The molecule has 0 fully saturated rings. The Morgan fingerprint density at radius 3 is 2.66 bits per heavy atom. The van der Waals surface area contributed by atoms with E-state index < -0.39 is 5.97 Å². The van der Waals surface area contributed by atoms with Crippen molar-refractivity contribution < 1.29 is 14.3 Å². The van der Waals surface area contributed by atoms with Crippen molar-refractivity contribution >= 4 is 23.5 Å². The Labute approximate surface area is 175 Å². The van der Waals surface area contributed by atoms with Crippen molar-refractivity contribution in [3.63, 3.8) is 0 Å². The normalized spacial score (nSPS) is 16.6. The van der Waals surface area contributed by atoms with Crippen LogP contribution in [0.2, 0.25) is 5.02 Å². The summed E-state index contributed by atoms with van der Waals surface area (Å²) < 4.78 is 5.29. The van der Waals surface area contributed by atoms with Crippen LogP contribution in [0, 0.1) is 11.3 Å². The van der Waals surface area contributed by atoms with Gasteiger partial charge in [-0.25, -0.2) is 4.79 Å². The van der Waals surface area contributed by atoms with E-state index in [4.69, 9.17) is 21.6 Å². The second-order valence-corrected chi connectivity index (χ2v) is 7.26. The Morgan fingerprint density at radius 1 is 1.28 bits per heavy atom. The summed E-state index contributed by atoms with van der Waals surface area (Å²) in [4.78, 5) is 27.4. The molecule has 0 aliphatic carbocycles. The third-order valence-electron chi connectivity index (χ3n) is 4.99. The Morgan fingerprint density at radius 2 is 2.00 bits per heavy atom. The van der Waals surface area contributed by atoms with E-state index in [1.165, 1.54) is 0 Å². The molecule has 6 heteroatoms. The van der Waals surface area contributed by atoms with Crippen LogP contribution in [-0.4, -0.2) is 23.4 Å². The number of benzene rings is 2. The second kappa shape index (κ2) is 8.93. The van der Waals surface area contributed by atoms with Gasteiger partial charge in [-0.2, -0.15) is 5.26 Å². The van der Waals surface area contributed by atoms with Crippen molar-refractivity contribution in [3.8, 4) is 6.07 Å². The number of halogens is 1. The number of esters is 1. The van der Waals surface area contributed by atoms with Crippen molar-refractivity contribution in [1.82, 2.24) is 4.90 Å². The van der Waals surface area contributed by atoms with Gasteiger partial charge >= 0.3 is 5.97 Å². The average Bonchev–Trinajstić information content (AvgIpc) is 2.71. The minimum atomic E-state index is -0.423. The molecule has 1 heterocycles. The van der Waals surface area contributed by atoms with Crippen LogP contribution in [0.1, 0.15) is 42.9 Å². The molecule has 1 aliphatic rings. The van der Waals surface area contributed by atoms with Crippen molar-refractivity contribution in [2.24, 2.45) is 0 Å². The molecule has 29 heavy (non-hydrogen) atoms. The molecule has 5 nitrogen and oxygen atoms in total. The molecule has 0 N–H and O–H groups in total. The lowest BCUT2D eigenvalue weighted by Gasteiger charge is -2.34. The fourth-order valence-corrected chi connectivity index (χ4v) is 3.70. The molecule has 2 aromatic carbocycles. The molecule has 1 unspecified atom stereocenters. The van der Waals surface area contributed by atoms with Gasteiger partial charge in [0, 0.05) is 23.1 Å². The van der Waals surface area contributed by atoms with E-state index in [1.54, 1.807) is 49.1 Å². The molecule has 3 rings (SSSR count). The van der Waals surface area contributed by atoms with Crippen LogP contribution in [0.15, 0.2) is 59.8 Å². The Balaban J connectivity index is 2.02. The van der Waals surface area contributed by atoms with Crippen LogP contribution >= 0.6 is 11.6 Å². The molecule has 148 valence electrons. The predicted molar refractivity (Wildman–Crippen MR) is 110 cm³/mol. The number of nitrogens with zero attached hydrogens (tertiary/aromatic N) is 2. The highest BCUT2D eigenvalue weighted by molar-refractivity contribution is 6.30. The summed E-state index contributed by atoms with van der Waals surface area (Å²) in [5, 5.41) is 9.71. The van der Waals surface area contributed by atoms with Gasteiger partial charge in [-0.1, -0.05) is 35.9 Å². The topological polar surface area (TPSA) is 70.4 Å². The molecule has 0 saturated heterocycles. The Hall–Kier alpha value is -3.10. The average molecular weight is 409 g/mol. The standard InChI is InChI=1S/C23H21ClN2O3/c1-3-29-23(28)22-15(2)26(14-17-6-4-5-16(11-17)13-25)21(27)12-20(22)18-7-9-19(24)10-8-18/h4-11,20H,3,12,14H2,1-2H3. The Bertz CT molecular complexity index is 1010. The van der Waals surface area contributed by atoms with Gasteiger partial charge in [-0.3, -0.25) is 4.79 Å².